The Morgan fingerprint density at radius 2 is 2.06 bits per heavy atom. The number of carbonyl (C=O) groups is 1. The maximum absolute atomic E-state index is 12.0. The lowest BCUT2D eigenvalue weighted by atomic mass is 9.79. The van der Waals surface area contributed by atoms with E-state index in [2.05, 4.69) is 6.07 Å². The average Bonchev–Trinajstić information content (AvgIpc) is 2.19. The third kappa shape index (κ3) is 3.10. The summed E-state index contributed by atoms with van der Waals surface area (Å²) in [5, 5.41) is 9.27. The van der Waals surface area contributed by atoms with E-state index in [0.717, 1.165) is 12.0 Å². The van der Waals surface area contributed by atoms with Crippen molar-refractivity contribution in [3.8, 4) is 6.07 Å². The molecule has 0 aromatic carbocycles. The van der Waals surface area contributed by atoms with Crippen LogP contribution >= 0.6 is 0 Å². The lowest BCUT2D eigenvalue weighted by Gasteiger charge is -2.25. The minimum atomic E-state index is -1.11. The zero-order chi connectivity index (χ0) is 12.8. The average molecular weight is 223 g/mol. The van der Waals surface area contributed by atoms with Crippen LogP contribution < -0.4 is 0 Å². The number of rotatable bonds is 5. The van der Waals surface area contributed by atoms with E-state index in [-0.39, 0.29) is 6.10 Å². The summed E-state index contributed by atoms with van der Waals surface area (Å²) in [5.41, 5.74) is -0.328. The Morgan fingerprint density at radius 1 is 1.50 bits per heavy atom. The molecule has 0 spiro atoms. The number of nitriles is 1. The Bertz CT molecular complexity index is 312. The van der Waals surface area contributed by atoms with Gasteiger partial charge in [0.1, 0.15) is 0 Å². The van der Waals surface area contributed by atoms with Crippen LogP contribution in [0, 0.1) is 16.7 Å². The number of hydrogen-bond acceptors (Lipinski definition) is 3. The third-order valence-corrected chi connectivity index (χ3v) is 2.60. The van der Waals surface area contributed by atoms with Gasteiger partial charge >= 0.3 is 5.97 Å². The molecule has 3 heteroatoms. The molecule has 3 nitrogen and oxygen atoms in total. The first-order valence-corrected chi connectivity index (χ1v) is 5.74. The quantitative estimate of drug-likeness (QED) is 0.531. The molecular formula is C13H21NO2. The van der Waals surface area contributed by atoms with Gasteiger partial charge in [0.05, 0.1) is 12.2 Å². The Morgan fingerprint density at radius 3 is 2.38 bits per heavy atom. The largest absolute Gasteiger partial charge is 0.462 e. The second-order valence-electron chi connectivity index (χ2n) is 4.12. The van der Waals surface area contributed by atoms with E-state index in [1.807, 2.05) is 26.8 Å². The highest BCUT2D eigenvalue weighted by molar-refractivity contribution is 5.83. The Kier molecular flexibility index (Phi) is 5.81. The topological polar surface area (TPSA) is 50.1 Å². The summed E-state index contributed by atoms with van der Waals surface area (Å²) in [6.07, 6.45) is 2.97. The fourth-order valence-corrected chi connectivity index (χ4v) is 1.59. The molecular weight excluding hydrogens is 202 g/mol. The van der Waals surface area contributed by atoms with Gasteiger partial charge in [-0.15, -0.1) is 0 Å². The van der Waals surface area contributed by atoms with Crippen molar-refractivity contribution >= 4 is 5.97 Å². The molecule has 0 unspecified atom stereocenters. The standard InChI is InChI=1S/C13H21NO2/c1-6-8-11(5)13(7-2,9-14)12(15)16-10(3)4/h8,10H,6-7H2,1-5H3/b11-8-/t13-/m0/s1. The number of nitrogens with zero attached hydrogens (tertiary/aromatic N) is 1. The van der Waals surface area contributed by atoms with E-state index < -0.39 is 11.4 Å². The zero-order valence-corrected chi connectivity index (χ0v) is 10.8. The Labute approximate surface area is 98.1 Å². The summed E-state index contributed by atoms with van der Waals surface area (Å²) < 4.78 is 5.16. The van der Waals surface area contributed by atoms with Crippen LogP contribution in [-0.4, -0.2) is 12.1 Å². The van der Waals surface area contributed by atoms with Gasteiger partial charge in [-0.1, -0.05) is 19.9 Å². The normalized spacial score (nSPS) is 15.4. The predicted molar refractivity (Wildman–Crippen MR) is 63.6 cm³/mol. The monoisotopic (exact) mass is 223 g/mol. The van der Waals surface area contributed by atoms with Crippen LogP contribution in [0.3, 0.4) is 0 Å². The van der Waals surface area contributed by atoms with Crippen LogP contribution in [0.1, 0.15) is 47.5 Å². The molecule has 90 valence electrons. The third-order valence-electron chi connectivity index (χ3n) is 2.60. The molecule has 0 rings (SSSR count). The summed E-state index contributed by atoms with van der Waals surface area (Å²) >= 11 is 0. The van der Waals surface area contributed by atoms with Crippen molar-refractivity contribution in [3.63, 3.8) is 0 Å². The number of ether oxygens (including phenoxy) is 1. The lowest BCUT2D eigenvalue weighted by Crippen LogP contribution is -2.33. The van der Waals surface area contributed by atoms with Crippen molar-refractivity contribution in [2.24, 2.45) is 5.41 Å². The summed E-state index contributed by atoms with van der Waals surface area (Å²) in [7, 11) is 0. The van der Waals surface area contributed by atoms with Crippen LogP contribution in [0.5, 0.6) is 0 Å². The highest BCUT2D eigenvalue weighted by Crippen LogP contribution is 2.32. The molecule has 0 amide bonds. The molecule has 0 heterocycles. The lowest BCUT2D eigenvalue weighted by molar-refractivity contribution is -0.154. The van der Waals surface area contributed by atoms with Crippen molar-refractivity contribution in [2.75, 3.05) is 0 Å². The van der Waals surface area contributed by atoms with Gasteiger partial charge in [0.25, 0.3) is 0 Å². The fraction of sp³-hybridized carbons (Fsp3) is 0.692. The van der Waals surface area contributed by atoms with E-state index in [9.17, 15) is 10.1 Å². The van der Waals surface area contributed by atoms with Crippen LogP contribution in [-0.2, 0) is 9.53 Å². The second-order valence-corrected chi connectivity index (χ2v) is 4.12. The summed E-state index contributed by atoms with van der Waals surface area (Å²) in [6, 6.07) is 2.11. The summed E-state index contributed by atoms with van der Waals surface area (Å²) in [4.78, 5) is 12.0. The van der Waals surface area contributed by atoms with Gasteiger partial charge in [0, 0.05) is 0 Å². The molecule has 0 aromatic rings. The Balaban J connectivity index is 5.20. The SMILES string of the molecule is CC/C=C(/C)[C@@](C#N)(CC)C(=O)OC(C)C. The van der Waals surface area contributed by atoms with E-state index in [1.165, 1.54) is 0 Å². The van der Waals surface area contributed by atoms with E-state index >= 15 is 0 Å². The van der Waals surface area contributed by atoms with Crippen molar-refractivity contribution < 1.29 is 9.53 Å². The molecule has 1 atom stereocenters. The van der Waals surface area contributed by atoms with Gasteiger partial charge in [-0.3, -0.25) is 0 Å². The first kappa shape index (κ1) is 14.7. The zero-order valence-electron chi connectivity index (χ0n) is 10.8. The van der Waals surface area contributed by atoms with E-state index in [1.54, 1.807) is 13.8 Å². The smallest absolute Gasteiger partial charge is 0.330 e. The minimum Gasteiger partial charge on any atom is -0.462 e. The molecule has 0 saturated heterocycles. The molecule has 16 heavy (non-hydrogen) atoms. The first-order valence-electron chi connectivity index (χ1n) is 5.74. The molecule has 0 fully saturated rings. The molecule has 0 N–H and O–H groups in total. The molecule has 0 aliphatic heterocycles. The van der Waals surface area contributed by atoms with Crippen molar-refractivity contribution in [3.05, 3.63) is 11.6 Å². The minimum absolute atomic E-state index is 0.193. The van der Waals surface area contributed by atoms with E-state index in [4.69, 9.17) is 4.74 Å². The molecule has 0 aromatic heterocycles. The Hall–Kier alpha value is -1.30. The van der Waals surface area contributed by atoms with Gasteiger partial charge in [-0.25, -0.2) is 4.79 Å². The van der Waals surface area contributed by atoms with Crippen LogP contribution in [0.4, 0.5) is 0 Å². The highest BCUT2D eigenvalue weighted by Gasteiger charge is 2.40. The van der Waals surface area contributed by atoms with Crippen LogP contribution in [0.15, 0.2) is 11.6 Å². The molecule has 0 aliphatic rings. The number of esters is 1. The summed E-state index contributed by atoms with van der Waals surface area (Å²) in [6.45, 7) is 9.20. The van der Waals surface area contributed by atoms with Gasteiger partial charge in [-0.2, -0.15) is 5.26 Å². The highest BCUT2D eigenvalue weighted by atomic mass is 16.5. The van der Waals surface area contributed by atoms with Gasteiger partial charge in [0.2, 0.25) is 0 Å². The van der Waals surface area contributed by atoms with Crippen LogP contribution in [0.25, 0.3) is 0 Å². The van der Waals surface area contributed by atoms with Crippen molar-refractivity contribution in [1.29, 1.82) is 5.26 Å². The van der Waals surface area contributed by atoms with Crippen molar-refractivity contribution in [1.82, 2.24) is 0 Å². The first-order chi connectivity index (χ1) is 7.44. The second kappa shape index (κ2) is 6.32. The van der Waals surface area contributed by atoms with Gasteiger partial charge < -0.3 is 4.74 Å². The number of allylic oxidation sites excluding steroid dienone is 1. The fourth-order valence-electron chi connectivity index (χ4n) is 1.59. The van der Waals surface area contributed by atoms with Crippen LogP contribution in [0.2, 0.25) is 0 Å². The number of hydrogen-bond donors (Lipinski definition) is 0. The molecule has 0 radical (unpaired) electrons. The van der Waals surface area contributed by atoms with Crippen molar-refractivity contribution in [2.45, 2.75) is 53.6 Å². The maximum Gasteiger partial charge on any atom is 0.330 e. The number of carbonyl (C=O) groups excluding carboxylic acids is 1. The van der Waals surface area contributed by atoms with Gasteiger partial charge in [0.15, 0.2) is 5.41 Å². The molecule has 0 bridgehead atoms. The molecule has 0 saturated carbocycles. The van der Waals surface area contributed by atoms with E-state index in [0.29, 0.717) is 6.42 Å². The summed E-state index contributed by atoms with van der Waals surface area (Å²) in [5.74, 6) is -0.435. The maximum atomic E-state index is 12.0. The van der Waals surface area contributed by atoms with Gasteiger partial charge in [-0.05, 0) is 39.2 Å². The molecule has 0 aliphatic carbocycles. The predicted octanol–water partition coefficient (Wildman–Crippen LogP) is 3.21.